The number of aromatic hydroxyl groups is 1. The SMILES string of the molecule is COc1ccc(-c2cc(=O)c3c(O)cc(O[C@@H]4O[C@H](CO)[C@@H](O)[C@H](O)[C@@H]4OC(C)=O)cc3o2)cc1. The Morgan fingerprint density at radius 2 is 1.77 bits per heavy atom. The molecule has 2 aromatic carbocycles. The van der Waals surface area contributed by atoms with Crippen molar-refractivity contribution < 1.29 is 48.6 Å². The van der Waals surface area contributed by atoms with E-state index in [0.717, 1.165) is 13.0 Å². The van der Waals surface area contributed by atoms with Crippen LogP contribution in [0.1, 0.15) is 6.92 Å². The fourth-order valence-electron chi connectivity index (χ4n) is 3.81. The van der Waals surface area contributed by atoms with Gasteiger partial charge in [0.1, 0.15) is 52.3 Å². The molecule has 0 unspecified atom stereocenters. The molecule has 4 rings (SSSR count). The number of carbonyl (C=O) groups excluding carboxylic acids is 1. The minimum absolute atomic E-state index is 0.00236. The zero-order valence-electron chi connectivity index (χ0n) is 18.8. The highest BCUT2D eigenvalue weighted by Crippen LogP contribution is 2.34. The molecule has 1 saturated heterocycles. The third kappa shape index (κ3) is 4.93. The molecule has 1 aromatic heterocycles. The Balaban J connectivity index is 1.71. The van der Waals surface area contributed by atoms with Gasteiger partial charge in [-0.3, -0.25) is 9.59 Å². The number of rotatable bonds is 6. The highest BCUT2D eigenvalue weighted by atomic mass is 16.7. The molecule has 0 spiro atoms. The molecule has 5 atom stereocenters. The average molecular weight is 488 g/mol. The Morgan fingerprint density at radius 3 is 2.40 bits per heavy atom. The van der Waals surface area contributed by atoms with Gasteiger partial charge in [0.05, 0.1) is 13.7 Å². The van der Waals surface area contributed by atoms with Gasteiger partial charge in [0.15, 0.2) is 11.5 Å². The Morgan fingerprint density at radius 1 is 1.06 bits per heavy atom. The molecule has 0 saturated carbocycles. The van der Waals surface area contributed by atoms with Gasteiger partial charge in [0, 0.05) is 30.7 Å². The van der Waals surface area contributed by atoms with Crippen molar-refractivity contribution in [3.8, 4) is 28.6 Å². The summed E-state index contributed by atoms with van der Waals surface area (Å²) in [6.45, 7) is 0.458. The first-order valence-electron chi connectivity index (χ1n) is 10.6. The second kappa shape index (κ2) is 9.92. The van der Waals surface area contributed by atoms with E-state index in [2.05, 4.69) is 0 Å². The highest BCUT2D eigenvalue weighted by Gasteiger charge is 2.47. The molecule has 186 valence electrons. The van der Waals surface area contributed by atoms with Crippen molar-refractivity contribution in [1.82, 2.24) is 0 Å². The Hall–Kier alpha value is -3.64. The molecule has 11 nitrogen and oxygen atoms in total. The number of aliphatic hydroxyl groups is 3. The lowest BCUT2D eigenvalue weighted by Crippen LogP contribution is -2.61. The Labute approximate surface area is 198 Å². The maximum atomic E-state index is 12.7. The molecule has 11 heteroatoms. The van der Waals surface area contributed by atoms with Crippen LogP contribution in [0.4, 0.5) is 0 Å². The van der Waals surface area contributed by atoms with Crippen LogP contribution in [0.5, 0.6) is 17.2 Å². The summed E-state index contributed by atoms with van der Waals surface area (Å²) in [7, 11) is 1.53. The van der Waals surface area contributed by atoms with E-state index < -0.39 is 54.5 Å². The molecular formula is C24H24O11. The van der Waals surface area contributed by atoms with Crippen LogP contribution in [0.3, 0.4) is 0 Å². The first kappa shape index (κ1) is 24.5. The van der Waals surface area contributed by atoms with E-state index in [9.17, 15) is 30.0 Å². The number of methoxy groups -OCH3 is 1. The van der Waals surface area contributed by atoms with Gasteiger partial charge in [-0.1, -0.05) is 0 Å². The van der Waals surface area contributed by atoms with Crippen LogP contribution in [0.25, 0.3) is 22.3 Å². The summed E-state index contributed by atoms with van der Waals surface area (Å²) in [4.78, 5) is 24.2. The van der Waals surface area contributed by atoms with Gasteiger partial charge in [-0.05, 0) is 24.3 Å². The molecular weight excluding hydrogens is 464 g/mol. The molecule has 0 radical (unpaired) electrons. The van der Waals surface area contributed by atoms with Crippen molar-refractivity contribution in [3.05, 3.63) is 52.7 Å². The molecule has 1 fully saturated rings. The lowest BCUT2D eigenvalue weighted by molar-refractivity contribution is -0.281. The zero-order valence-corrected chi connectivity index (χ0v) is 18.8. The van der Waals surface area contributed by atoms with Crippen molar-refractivity contribution in [2.24, 2.45) is 0 Å². The summed E-state index contributed by atoms with van der Waals surface area (Å²) in [6, 6.07) is 10.5. The van der Waals surface area contributed by atoms with E-state index in [1.54, 1.807) is 24.3 Å². The summed E-state index contributed by atoms with van der Waals surface area (Å²) in [5, 5.41) is 40.4. The number of carbonyl (C=O) groups is 1. The lowest BCUT2D eigenvalue weighted by Gasteiger charge is -2.41. The minimum Gasteiger partial charge on any atom is -0.507 e. The third-order valence-electron chi connectivity index (χ3n) is 5.54. The molecule has 4 N–H and O–H groups in total. The number of phenols is 1. The third-order valence-corrected chi connectivity index (χ3v) is 5.54. The summed E-state index contributed by atoms with van der Waals surface area (Å²) in [5.74, 6) is -0.405. The quantitative estimate of drug-likeness (QED) is 0.365. The number of aliphatic hydroxyl groups excluding tert-OH is 3. The number of hydrogen-bond donors (Lipinski definition) is 4. The number of fused-ring (bicyclic) bond motifs is 1. The molecule has 3 aromatic rings. The van der Waals surface area contributed by atoms with Gasteiger partial charge < -0.3 is 43.8 Å². The molecule has 0 bridgehead atoms. The summed E-state index contributed by atoms with van der Waals surface area (Å²) in [5.41, 5.74) is 0.0909. The summed E-state index contributed by atoms with van der Waals surface area (Å²) >= 11 is 0. The molecule has 0 aliphatic carbocycles. The predicted octanol–water partition coefficient (Wildman–Crippen LogP) is 0.924. The van der Waals surface area contributed by atoms with E-state index in [1.807, 2.05) is 0 Å². The van der Waals surface area contributed by atoms with Crippen molar-refractivity contribution in [2.45, 2.75) is 37.6 Å². The van der Waals surface area contributed by atoms with Gasteiger partial charge >= 0.3 is 5.97 Å². The van der Waals surface area contributed by atoms with Crippen molar-refractivity contribution in [3.63, 3.8) is 0 Å². The van der Waals surface area contributed by atoms with Crippen LogP contribution in [0.15, 0.2) is 51.7 Å². The first-order chi connectivity index (χ1) is 16.7. The second-order valence-electron chi connectivity index (χ2n) is 7.92. The maximum absolute atomic E-state index is 12.7. The van der Waals surface area contributed by atoms with E-state index in [4.69, 9.17) is 23.4 Å². The Bertz CT molecular complexity index is 1270. The van der Waals surface area contributed by atoms with Crippen molar-refractivity contribution >= 4 is 16.9 Å². The van der Waals surface area contributed by atoms with Crippen molar-refractivity contribution in [1.29, 1.82) is 0 Å². The average Bonchev–Trinajstić information content (AvgIpc) is 2.83. The first-order valence-corrected chi connectivity index (χ1v) is 10.6. The van der Waals surface area contributed by atoms with Crippen LogP contribution in [-0.2, 0) is 14.3 Å². The van der Waals surface area contributed by atoms with Crippen LogP contribution in [0, 0.1) is 0 Å². The number of hydrogen-bond acceptors (Lipinski definition) is 11. The summed E-state index contributed by atoms with van der Waals surface area (Å²) in [6.07, 6.45) is -7.29. The van der Waals surface area contributed by atoms with Gasteiger partial charge in [0.25, 0.3) is 0 Å². The monoisotopic (exact) mass is 488 g/mol. The van der Waals surface area contributed by atoms with Crippen molar-refractivity contribution in [2.75, 3.05) is 13.7 Å². The number of ether oxygens (including phenoxy) is 4. The van der Waals surface area contributed by atoms with E-state index >= 15 is 0 Å². The van der Waals surface area contributed by atoms with Gasteiger partial charge in [-0.2, -0.15) is 0 Å². The van der Waals surface area contributed by atoms with Gasteiger partial charge in [-0.15, -0.1) is 0 Å². The van der Waals surface area contributed by atoms with E-state index in [1.165, 1.54) is 19.2 Å². The lowest BCUT2D eigenvalue weighted by atomic mass is 9.99. The zero-order chi connectivity index (χ0) is 25.3. The standard InChI is InChI=1S/C24H24O11/c1-11(26)32-23-22(30)21(29)19(10-25)35-24(23)33-14-7-15(27)20-16(28)9-17(34-18(20)8-14)12-3-5-13(31-2)6-4-12/h3-9,19,21-25,27,29-30H,10H2,1-2H3/t19-,21-,22+,23+,24-/m1/s1. The Kier molecular flexibility index (Phi) is 6.94. The van der Waals surface area contributed by atoms with Crippen LogP contribution < -0.4 is 14.9 Å². The second-order valence-corrected chi connectivity index (χ2v) is 7.92. The minimum atomic E-state index is -1.62. The van der Waals surface area contributed by atoms with Gasteiger partial charge in [-0.25, -0.2) is 0 Å². The molecule has 2 heterocycles. The molecule has 35 heavy (non-hydrogen) atoms. The van der Waals surface area contributed by atoms with Crippen LogP contribution >= 0.6 is 0 Å². The van der Waals surface area contributed by atoms with Crippen LogP contribution in [0.2, 0.25) is 0 Å². The number of phenolic OH excluding ortho intramolecular Hbond substituents is 1. The van der Waals surface area contributed by atoms with E-state index in [-0.39, 0.29) is 22.5 Å². The smallest absolute Gasteiger partial charge is 0.303 e. The maximum Gasteiger partial charge on any atom is 0.303 e. The molecule has 0 amide bonds. The molecule has 1 aliphatic heterocycles. The highest BCUT2D eigenvalue weighted by molar-refractivity contribution is 5.86. The predicted molar refractivity (Wildman–Crippen MR) is 120 cm³/mol. The fourth-order valence-corrected chi connectivity index (χ4v) is 3.81. The number of esters is 1. The normalized spacial score (nSPS) is 24.2. The summed E-state index contributed by atoms with van der Waals surface area (Å²) < 4.78 is 27.2. The number of benzene rings is 2. The largest absolute Gasteiger partial charge is 0.507 e. The van der Waals surface area contributed by atoms with Crippen LogP contribution in [-0.4, -0.2) is 70.8 Å². The fraction of sp³-hybridized carbons (Fsp3) is 0.333. The van der Waals surface area contributed by atoms with Gasteiger partial charge in [0.2, 0.25) is 6.29 Å². The topological polar surface area (TPSA) is 165 Å². The molecule has 1 aliphatic rings. The van der Waals surface area contributed by atoms with E-state index in [0.29, 0.717) is 11.3 Å².